The highest BCUT2D eigenvalue weighted by Gasteiger charge is 2.74. The van der Waals surface area contributed by atoms with E-state index in [0.717, 1.165) is 17.3 Å². The van der Waals surface area contributed by atoms with Gasteiger partial charge in [0.25, 0.3) is 0 Å². The average Bonchev–Trinajstić information content (AvgIpc) is 3.40. The van der Waals surface area contributed by atoms with Crippen molar-refractivity contribution < 1.29 is 18.8 Å². The van der Waals surface area contributed by atoms with E-state index >= 15 is 0 Å². The number of rotatable bonds is 1. The summed E-state index contributed by atoms with van der Waals surface area (Å²) in [5.41, 5.74) is 0.0980. The van der Waals surface area contributed by atoms with Crippen molar-refractivity contribution in [1.29, 1.82) is 0 Å². The normalized spacial score (nSPS) is 32.0. The zero-order valence-electron chi connectivity index (χ0n) is 15.8. The first-order valence-corrected chi connectivity index (χ1v) is 10.8. The smallest absolute Gasteiger partial charge is 0.250 e. The van der Waals surface area contributed by atoms with Crippen molar-refractivity contribution in [3.63, 3.8) is 0 Å². The summed E-state index contributed by atoms with van der Waals surface area (Å²) in [7, 11) is 0. The molecular weight excluding hydrogens is 453 g/mol. The predicted octanol–water partition coefficient (Wildman–Crippen LogP) is 3.02. The van der Waals surface area contributed by atoms with E-state index < -0.39 is 29.1 Å². The van der Waals surface area contributed by atoms with Gasteiger partial charge in [-0.3, -0.25) is 19.3 Å². The molecule has 152 valence electrons. The number of nitrogens with one attached hydrogen (secondary N) is 1. The Morgan fingerprint density at radius 2 is 1.93 bits per heavy atom. The molecule has 4 heterocycles. The molecule has 6 nitrogen and oxygen atoms in total. The van der Waals surface area contributed by atoms with Crippen LogP contribution in [-0.2, 0) is 19.9 Å². The molecule has 4 atom stereocenters. The van der Waals surface area contributed by atoms with E-state index in [2.05, 4.69) is 21.2 Å². The molecule has 0 aromatic heterocycles. The van der Waals surface area contributed by atoms with Gasteiger partial charge in [0.15, 0.2) is 0 Å². The number of carbonyl (C=O) groups excluding carboxylic acids is 3. The molecule has 4 unspecified atom stereocenters. The van der Waals surface area contributed by atoms with Crippen molar-refractivity contribution in [3.8, 4) is 0 Å². The fourth-order valence-corrected chi connectivity index (χ4v) is 6.43. The van der Waals surface area contributed by atoms with Crippen molar-refractivity contribution in [2.75, 3.05) is 16.8 Å². The van der Waals surface area contributed by atoms with Crippen LogP contribution in [0, 0.1) is 17.7 Å². The fourth-order valence-electron chi connectivity index (χ4n) is 6.04. The zero-order chi connectivity index (χ0) is 20.8. The maximum absolute atomic E-state index is 14.2. The first kappa shape index (κ1) is 18.2. The van der Waals surface area contributed by atoms with Crippen LogP contribution in [-0.4, -0.2) is 35.2 Å². The Hall–Kier alpha value is -2.58. The summed E-state index contributed by atoms with van der Waals surface area (Å²) < 4.78 is 15.0. The van der Waals surface area contributed by atoms with Gasteiger partial charge >= 0.3 is 0 Å². The summed E-state index contributed by atoms with van der Waals surface area (Å²) in [6, 6.07) is 11.0. The minimum Gasteiger partial charge on any atom is -0.324 e. The molecule has 1 N–H and O–H groups in total. The van der Waals surface area contributed by atoms with Crippen LogP contribution in [0.4, 0.5) is 15.8 Å². The van der Waals surface area contributed by atoms with Gasteiger partial charge in [0.05, 0.1) is 17.5 Å². The molecule has 4 aliphatic heterocycles. The number of amides is 3. The van der Waals surface area contributed by atoms with E-state index in [0.29, 0.717) is 23.5 Å². The van der Waals surface area contributed by atoms with Crippen LogP contribution in [0.15, 0.2) is 46.9 Å². The minimum atomic E-state index is -1.35. The Kier molecular flexibility index (Phi) is 3.63. The number of hydrogen-bond donors (Lipinski definition) is 1. The van der Waals surface area contributed by atoms with Gasteiger partial charge < -0.3 is 5.32 Å². The van der Waals surface area contributed by atoms with Crippen molar-refractivity contribution in [2.24, 2.45) is 11.8 Å². The largest absolute Gasteiger partial charge is 0.324 e. The number of halogens is 2. The number of carbonyl (C=O) groups is 3. The molecule has 6 rings (SSSR count). The van der Waals surface area contributed by atoms with Crippen LogP contribution in [0.25, 0.3) is 0 Å². The molecule has 1 spiro atoms. The van der Waals surface area contributed by atoms with E-state index in [-0.39, 0.29) is 17.9 Å². The molecule has 3 saturated heterocycles. The molecule has 30 heavy (non-hydrogen) atoms. The van der Waals surface area contributed by atoms with Crippen LogP contribution in [0.2, 0.25) is 0 Å². The second-order valence-corrected chi connectivity index (χ2v) is 9.22. The van der Waals surface area contributed by atoms with Gasteiger partial charge in [0.1, 0.15) is 11.4 Å². The molecule has 4 aliphatic rings. The summed E-state index contributed by atoms with van der Waals surface area (Å²) in [4.78, 5) is 43.9. The Bertz CT molecular complexity index is 1150. The SMILES string of the molecule is O=C1C2C3CCCN3C3(C(=O)Nc4ccc(F)cc43)C2C(=O)N1c1cccc(Br)c1. The number of benzene rings is 2. The summed E-state index contributed by atoms with van der Waals surface area (Å²) in [5.74, 6) is -3.00. The number of nitrogens with zero attached hydrogens (tertiary/aromatic N) is 2. The average molecular weight is 470 g/mol. The molecule has 0 saturated carbocycles. The Balaban J connectivity index is 1.57. The molecule has 8 heteroatoms. The van der Waals surface area contributed by atoms with E-state index in [1.807, 2.05) is 11.0 Å². The maximum Gasteiger partial charge on any atom is 0.250 e. The van der Waals surface area contributed by atoms with Crippen LogP contribution in [0.5, 0.6) is 0 Å². The summed E-state index contributed by atoms with van der Waals surface area (Å²) in [6.45, 7) is 0.596. The molecule has 2 aromatic carbocycles. The third-order valence-corrected chi connectivity index (χ3v) is 7.51. The molecule has 0 aliphatic carbocycles. The molecule has 0 radical (unpaired) electrons. The fraction of sp³-hybridized carbons (Fsp3) is 0.318. The highest BCUT2D eigenvalue weighted by molar-refractivity contribution is 9.10. The van der Waals surface area contributed by atoms with Gasteiger partial charge in [-0.2, -0.15) is 0 Å². The van der Waals surface area contributed by atoms with Crippen molar-refractivity contribution in [2.45, 2.75) is 24.4 Å². The Morgan fingerprint density at radius 3 is 2.73 bits per heavy atom. The summed E-state index contributed by atoms with van der Waals surface area (Å²) in [5, 5.41) is 2.84. The lowest BCUT2D eigenvalue weighted by Crippen LogP contribution is -2.54. The number of anilines is 2. The number of fused-ring (bicyclic) bond motifs is 7. The standard InChI is InChI=1S/C22H17BrFN3O3/c23-11-3-1-4-13(9-11)27-19(28)17-16-5-2-8-26(16)22(18(17)20(27)29)14-10-12(24)6-7-15(14)25-21(22)30/h1,3-4,6-7,9-10,16-18H,2,5,8H2,(H,25,30). The first-order chi connectivity index (χ1) is 14.4. The van der Waals surface area contributed by atoms with Gasteiger partial charge in [-0.1, -0.05) is 22.0 Å². The van der Waals surface area contributed by atoms with Crippen LogP contribution < -0.4 is 10.2 Å². The van der Waals surface area contributed by atoms with Gasteiger partial charge in [-0.05, 0) is 55.8 Å². The second kappa shape index (κ2) is 5.98. The molecule has 2 aromatic rings. The van der Waals surface area contributed by atoms with Crippen molar-refractivity contribution in [3.05, 3.63) is 58.3 Å². The predicted molar refractivity (Wildman–Crippen MR) is 110 cm³/mol. The highest BCUT2D eigenvalue weighted by atomic mass is 79.9. The third kappa shape index (κ3) is 2.03. The molecular formula is C22H17BrFN3O3. The van der Waals surface area contributed by atoms with E-state index in [1.165, 1.54) is 23.1 Å². The lowest BCUT2D eigenvalue weighted by Gasteiger charge is -2.36. The van der Waals surface area contributed by atoms with Crippen LogP contribution in [0.1, 0.15) is 18.4 Å². The monoisotopic (exact) mass is 469 g/mol. The van der Waals surface area contributed by atoms with E-state index in [1.54, 1.807) is 18.2 Å². The van der Waals surface area contributed by atoms with E-state index in [4.69, 9.17) is 0 Å². The lowest BCUT2D eigenvalue weighted by molar-refractivity contribution is -0.135. The minimum absolute atomic E-state index is 0.219. The topological polar surface area (TPSA) is 69.7 Å². The van der Waals surface area contributed by atoms with Crippen LogP contribution in [0.3, 0.4) is 0 Å². The van der Waals surface area contributed by atoms with Crippen molar-refractivity contribution in [1.82, 2.24) is 4.90 Å². The molecule has 0 bridgehead atoms. The highest BCUT2D eigenvalue weighted by Crippen LogP contribution is 2.60. The quantitative estimate of drug-likeness (QED) is 0.651. The van der Waals surface area contributed by atoms with Gasteiger partial charge in [0, 0.05) is 21.8 Å². The van der Waals surface area contributed by atoms with Crippen molar-refractivity contribution >= 4 is 45.0 Å². The molecule has 3 amide bonds. The number of imide groups is 1. The zero-order valence-corrected chi connectivity index (χ0v) is 17.4. The summed E-state index contributed by atoms with van der Waals surface area (Å²) in [6.07, 6.45) is 1.55. The summed E-state index contributed by atoms with van der Waals surface area (Å²) >= 11 is 3.39. The lowest BCUT2D eigenvalue weighted by atomic mass is 9.75. The van der Waals surface area contributed by atoms with Gasteiger partial charge in [-0.15, -0.1) is 0 Å². The number of hydrogen-bond acceptors (Lipinski definition) is 4. The van der Waals surface area contributed by atoms with E-state index in [9.17, 15) is 18.8 Å². The third-order valence-electron chi connectivity index (χ3n) is 7.02. The van der Waals surface area contributed by atoms with Gasteiger partial charge in [-0.25, -0.2) is 9.29 Å². The molecule has 3 fully saturated rings. The maximum atomic E-state index is 14.2. The van der Waals surface area contributed by atoms with Gasteiger partial charge in [0.2, 0.25) is 17.7 Å². The Labute approximate surface area is 180 Å². The second-order valence-electron chi connectivity index (χ2n) is 8.31. The first-order valence-electron chi connectivity index (χ1n) is 9.96. The van der Waals surface area contributed by atoms with Crippen LogP contribution >= 0.6 is 15.9 Å². The Morgan fingerprint density at radius 1 is 1.10 bits per heavy atom.